The lowest BCUT2D eigenvalue weighted by atomic mass is 10.3. The molecule has 0 amide bonds. The molecular formula is C20H23N9OS. The van der Waals surface area contributed by atoms with E-state index in [-0.39, 0.29) is 0 Å². The van der Waals surface area contributed by atoms with Crippen LogP contribution in [-0.4, -0.2) is 64.0 Å². The minimum atomic E-state index is -1.24. The van der Waals surface area contributed by atoms with Crippen LogP contribution in [-0.2, 0) is 25.1 Å². The molecule has 0 bridgehead atoms. The van der Waals surface area contributed by atoms with Gasteiger partial charge in [-0.05, 0) is 18.2 Å². The quantitative estimate of drug-likeness (QED) is 0.478. The molecule has 1 aromatic carbocycles. The van der Waals surface area contributed by atoms with Crippen LogP contribution in [0.2, 0.25) is 0 Å². The molecule has 4 heterocycles. The van der Waals surface area contributed by atoms with Crippen LogP contribution in [0.25, 0.3) is 22.6 Å². The fourth-order valence-corrected chi connectivity index (χ4v) is 5.08. The Kier molecular flexibility index (Phi) is 4.91. The van der Waals surface area contributed by atoms with Gasteiger partial charge in [0.2, 0.25) is 0 Å². The Balaban J connectivity index is 1.39. The molecule has 1 aliphatic rings. The summed E-state index contributed by atoms with van der Waals surface area (Å²) in [6.07, 6.45) is 5.29. The molecule has 10 nitrogen and oxygen atoms in total. The Morgan fingerprint density at radius 3 is 2.61 bits per heavy atom. The van der Waals surface area contributed by atoms with Gasteiger partial charge in [-0.2, -0.15) is 5.10 Å². The maximum atomic E-state index is 12.9. The third-order valence-corrected chi connectivity index (χ3v) is 6.92. The first-order valence-corrected chi connectivity index (χ1v) is 11.1. The van der Waals surface area contributed by atoms with E-state index in [2.05, 4.69) is 20.0 Å². The van der Waals surface area contributed by atoms with Gasteiger partial charge in [0.05, 0.1) is 16.7 Å². The minimum Gasteiger partial charge on any atom is -0.399 e. The van der Waals surface area contributed by atoms with Crippen LogP contribution in [0.15, 0.2) is 47.9 Å². The summed E-state index contributed by atoms with van der Waals surface area (Å²) in [5.74, 6) is 1.59. The van der Waals surface area contributed by atoms with Crippen molar-refractivity contribution < 1.29 is 4.21 Å². The molecule has 4 aromatic rings. The predicted molar refractivity (Wildman–Crippen MR) is 120 cm³/mol. The van der Waals surface area contributed by atoms with Gasteiger partial charge in [-0.15, -0.1) is 0 Å². The Hall–Kier alpha value is -3.31. The molecule has 31 heavy (non-hydrogen) atoms. The molecule has 5 rings (SSSR count). The number of benzene rings is 1. The van der Waals surface area contributed by atoms with Crippen LogP contribution in [0.3, 0.4) is 0 Å². The van der Waals surface area contributed by atoms with Crippen LogP contribution in [0, 0.1) is 0 Å². The monoisotopic (exact) mass is 437 g/mol. The van der Waals surface area contributed by atoms with Crippen LogP contribution in [0.4, 0.5) is 11.5 Å². The zero-order valence-electron chi connectivity index (χ0n) is 17.3. The highest BCUT2D eigenvalue weighted by atomic mass is 32.2. The molecule has 1 unspecified atom stereocenters. The second kappa shape index (κ2) is 7.75. The maximum Gasteiger partial charge on any atom is 0.165 e. The largest absolute Gasteiger partial charge is 0.399 e. The summed E-state index contributed by atoms with van der Waals surface area (Å²) in [6.45, 7) is 2.68. The van der Waals surface area contributed by atoms with Crippen molar-refractivity contribution in [2.75, 3.05) is 36.8 Å². The molecule has 1 saturated heterocycles. The second-order valence-electron chi connectivity index (χ2n) is 7.50. The number of fused-ring (bicyclic) bond motifs is 1. The number of hydrogen-bond donors (Lipinski definition) is 1. The smallest absolute Gasteiger partial charge is 0.165 e. The number of rotatable bonds is 4. The number of nitrogens with two attached hydrogens (primary N) is 1. The molecule has 1 fully saturated rings. The molecule has 0 aliphatic carbocycles. The Bertz CT molecular complexity index is 1270. The fraction of sp³-hybridized carbons (Fsp3) is 0.300. The maximum absolute atomic E-state index is 12.9. The molecule has 160 valence electrons. The van der Waals surface area contributed by atoms with Crippen LogP contribution < -0.4 is 10.6 Å². The van der Waals surface area contributed by atoms with Gasteiger partial charge in [0.25, 0.3) is 0 Å². The average molecular weight is 438 g/mol. The zero-order valence-corrected chi connectivity index (χ0v) is 18.2. The number of anilines is 2. The van der Waals surface area contributed by atoms with E-state index in [0.29, 0.717) is 31.9 Å². The number of imidazole rings is 1. The first-order chi connectivity index (χ1) is 15.0. The van der Waals surface area contributed by atoms with Gasteiger partial charge in [-0.3, -0.25) is 4.68 Å². The number of aryl methyl sites for hydroxylation is 2. The highest BCUT2D eigenvalue weighted by Crippen LogP contribution is 2.28. The normalized spacial score (nSPS) is 16.1. The third kappa shape index (κ3) is 3.55. The Morgan fingerprint density at radius 1 is 1.10 bits per heavy atom. The average Bonchev–Trinajstić information content (AvgIpc) is 3.36. The van der Waals surface area contributed by atoms with Crippen molar-refractivity contribution in [2.45, 2.75) is 4.90 Å². The van der Waals surface area contributed by atoms with Crippen LogP contribution in [0.1, 0.15) is 0 Å². The summed E-state index contributed by atoms with van der Waals surface area (Å²) in [6, 6.07) is 7.24. The van der Waals surface area contributed by atoms with Gasteiger partial charge < -0.3 is 15.2 Å². The summed E-state index contributed by atoms with van der Waals surface area (Å²) >= 11 is 0. The lowest BCUT2D eigenvalue weighted by Gasteiger charge is -2.34. The van der Waals surface area contributed by atoms with Gasteiger partial charge in [-0.1, -0.05) is 6.07 Å². The third-order valence-electron chi connectivity index (χ3n) is 5.43. The van der Waals surface area contributed by atoms with Crippen molar-refractivity contribution >= 4 is 33.7 Å². The van der Waals surface area contributed by atoms with Gasteiger partial charge >= 0.3 is 0 Å². The SMILES string of the molecule is Cn1cc(-c2nc3c(N4CCN(S(=O)c5cccc(N)c5)CC4)ncnc3n2C)cn1. The summed E-state index contributed by atoms with van der Waals surface area (Å²) < 4.78 is 18.6. The van der Waals surface area contributed by atoms with E-state index in [0.717, 1.165) is 33.3 Å². The topological polar surface area (TPSA) is 111 Å². The van der Waals surface area contributed by atoms with Crippen molar-refractivity contribution in [2.24, 2.45) is 14.1 Å². The molecule has 0 radical (unpaired) electrons. The van der Waals surface area contributed by atoms with E-state index in [9.17, 15) is 4.21 Å². The van der Waals surface area contributed by atoms with E-state index in [1.807, 2.05) is 41.3 Å². The number of piperazine rings is 1. The molecular weight excluding hydrogens is 414 g/mol. The summed E-state index contributed by atoms with van der Waals surface area (Å²) in [7, 11) is 2.59. The Morgan fingerprint density at radius 2 is 1.90 bits per heavy atom. The first kappa shape index (κ1) is 19.6. The van der Waals surface area contributed by atoms with Gasteiger partial charge in [0.1, 0.15) is 23.1 Å². The molecule has 11 heteroatoms. The highest BCUT2D eigenvalue weighted by Gasteiger charge is 2.26. The minimum absolute atomic E-state index is 0.618. The van der Waals surface area contributed by atoms with Crippen molar-refractivity contribution in [1.82, 2.24) is 33.6 Å². The number of nitrogens with zero attached hydrogens (tertiary/aromatic N) is 8. The standard InChI is InChI=1S/C20H23N9OS/c1-26-12-14(11-24-26)18-25-17-19(27(18)2)22-13-23-20(17)28-6-8-29(9-7-28)31(30)16-5-3-4-15(21)10-16/h3-5,10-13H,6-9,21H2,1-2H3. The molecule has 1 aliphatic heterocycles. The summed E-state index contributed by atoms with van der Waals surface area (Å²) in [4.78, 5) is 16.7. The fourth-order valence-electron chi connectivity index (χ4n) is 3.85. The number of hydrogen-bond acceptors (Lipinski definition) is 7. The zero-order chi connectivity index (χ0) is 21.5. The van der Waals surface area contributed by atoms with Gasteiger partial charge in [0, 0.05) is 52.2 Å². The van der Waals surface area contributed by atoms with E-state index < -0.39 is 11.0 Å². The predicted octanol–water partition coefficient (Wildman–Crippen LogP) is 1.19. The van der Waals surface area contributed by atoms with E-state index in [4.69, 9.17) is 10.7 Å². The molecule has 0 spiro atoms. The molecule has 0 saturated carbocycles. The number of aromatic nitrogens is 6. The van der Waals surface area contributed by atoms with Crippen molar-refractivity contribution in [3.05, 3.63) is 43.0 Å². The molecule has 2 N–H and O–H groups in total. The summed E-state index contributed by atoms with van der Waals surface area (Å²) in [5.41, 5.74) is 8.92. The lowest BCUT2D eigenvalue weighted by Crippen LogP contribution is -2.47. The van der Waals surface area contributed by atoms with Gasteiger partial charge in [0.15, 0.2) is 17.0 Å². The first-order valence-electron chi connectivity index (χ1n) is 9.95. The van der Waals surface area contributed by atoms with E-state index in [1.165, 1.54) is 0 Å². The second-order valence-corrected chi connectivity index (χ2v) is 8.99. The van der Waals surface area contributed by atoms with Crippen LogP contribution >= 0.6 is 0 Å². The lowest BCUT2D eigenvalue weighted by molar-refractivity contribution is 0.409. The van der Waals surface area contributed by atoms with Gasteiger partial charge in [-0.25, -0.2) is 23.5 Å². The van der Waals surface area contributed by atoms with Crippen LogP contribution in [0.5, 0.6) is 0 Å². The summed E-state index contributed by atoms with van der Waals surface area (Å²) in [5, 5.41) is 4.25. The van der Waals surface area contributed by atoms with Crippen molar-refractivity contribution in [3.63, 3.8) is 0 Å². The highest BCUT2D eigenvalue weighted by molar-refractivity contribution is 7.82. The Labute approximate surface area is 181 Å². The van der Waals surface area contributed by atoms with E-state index >= 15 is 0 Å². The molecule has 3 aromatic heterocycles. The van der Waals surface area contributed by atoms with E-state index in [1.54, 1.807) is 29.3 Å². The molecule has 1 atom stereocenters. The number of nitrogen functional groups attached to an aromatic ring is 1. The van der Waals surface area contributed by atoms with Crippen molar-refractivity contribution in [1.29, 1.82) is 0 Å². The van der Waals surface area contributed by atoms with Crippen molar-refractivity contribution in [3.8, 4) is 11.4 Å².